The number of hydrogen-bond acceptors (Lipinski definition) is 6. The van der Waals surface area contributed by atoms with E-state index >= 15 is 0 Å². The van der Waals surface area contributed by atoms with E-state index in [9.17, 15) is 14.4 Å². The van der Waals surface area contributed by atoms with Gasteiger partial charge in [0.05, 0.1) is 25.5 Å². The first-order chi connectivity index (χ1) is 14.4. The second kappa shape index (κ2) is 9.30. The molecule has 0 saturated carbocycles. The molecule has 1 aliphatic rings. The summed E-state index contributed by atoms with van der Waals surface area (Å²) in [6.45, 7) is 1.99. The van der Waals surface area contributed by atoms with E-state index < -0.39 is 12.6 Å². The van der Waals surface area contributed by atoms with Crippen molar-refractivity contribution in [2.24, 2.45) is 0 Å². The average Bonchev–Trinajstić information content (AvgIpc) is 2.76. The Kier molecular flexibility index (Phi) is 6.56. The Morgan fingerprint density at radius 2 is 1.70 bits per heavy atom. The van der Waals surface area contributed by atoms with Gasteiger partial charge in [0.15, 0.2) is 18.1 Å². The summed E-state index contributed by atoms with van der Waals surface area (Å²) in [5, 5.41) is 2.57. The summed E-state index contributed by atoms with van der Waals surface area (Å²) >= 11 is 0. The Bertz CT molecular complexity index is 972. The minimum absolute atomic E-state index is 0.0691. The van der Waals surface area contributed by atoms with Gasteiger partial charge in [-0.25, -0.2) is 4.79 Å². The molecule has 3 rings (SSSR count). The molecule has 1 aliphatic heterocycles. The van der Waals surface area contributed by atoms with Crippen LogP contribution in [0.5, 0.6) is 11.5 Å². The van der Waals surface area contributed by atoms with E-state index in [1.807, 2.05) is 18.2 Å². The molecule has 0 aromatic heterocycles. The summed E-state index contributed by atoms with van der Waals surface area (Å²) < 4.78 is 15.7. The van der Waals surface area contributed by atoms with Crippen molar-refractivity contribution in [1.82, 2.24) is 4.90 Å². The molecule has 0 atom stereocenters. The SMILES string of the molecule is COc1cc(NC(C)=O)c(C(=O)OCC(=O)N2CCc3ccccc3C2)cc1OC. The zero-order valence-corrected chi connectivity index (χ0v) is 17.2. The number of methoxy groups -OCH3 is 2. The second-order valence-corrected chi connectivity index (χ2v) is 6.84. The van der Waals surface area contributed by atoms with Crippen molar-refractivity contribution >= 4 is 23.5 Å². The summed E-state index contributed by atoms with van der Waals surface area (Å²) in [5.74, 6) is -0.734. The standard InChI is InChI=1S/C22H24N2O6/c1-14(25)23-18-11-20(29-3)19(28-2)10-17(18)22(27)30-13-21(26)24-9-8-15-6-4-5-7-16(15)12-24/h4-7,10-11H,8-9,12-13H2,1-3H3,(H,23,25). The highest BCUT2D eigenvalue weighted by Crippen LogP contribution is 2.33. The number of nitrogens with one attached hydrogen (secondary N) is 1. The third kappa shape index (κ3) is 4.71. The molecule has 0 spiro atoms. The zero-order chi connectivity index (χ0) is 21.7. The molecule has 1 heterocycles. The number of fused-ring (bicyclic) bond motifs is 1. The van der Waals surface area contributed by atoms with Crippen molar-refractivity contribution in [2.45, 2.75) is 19.9 Å². The van der Waals surface area contributed by atoms with Crippen molar-refractivity contribution in [3.8, 4) is 11.5 Å². The minimum atomic E-state index is -0.745. The smallest absolute Gasteiger partial charge is 0.340 e. The number of amides is 2. The average molecular weight is 412 g/mol. The van der Waals surface area contributed by atoms with Gasteiger partial charge in [-0.3, -0.25) is 9.59 Å². The topological polar surface area (TPSA) is 94.2 Å². The number of esters is 1. The summed E-state index contributed by atoms with van der Waals surface area (Å²) in [4.78, 5) is 38.4. The van der Waals surface area contributed by atoms with Gasteiger partial charge in [-0.1, -0.05) is 24.3 Å². The molecular formula is C22H24N2O6. The van der Waals surface area contributed by atoms with Gasteiger partial charge < -0.3 is 24.4 Å². The first kappa shape index (κ1) is 21.2. The molecule has 0 aliphatic carbocycles. The molecular weight excluding hydrogens is 388 g/mol. The lowest BCUT2D eigenvalue weighted by atomic mass is 10.00. The molecule has 158 valence electrons. The van der Waals surface area contributed by atoms with Crippen molar-refractivity contribution in [2.75, 3.05) is 32.7 Å². The maximum atomic E-state index is 12.7. The second-order valence-electron chi connectivity index (χ2n) is 6.84. The number of hydrogen-bond donors (Lipinski definition) is 1. The molecule has 0 bridgehead atoms. The van der Waals surface area contributed by atoms with Crippen LogP contribution < -0.4 is 14.8 Å². The van der Waals surface area contributed by atoms with Gasteiger partial charge in [-0.15, -0.1) is 0 Å². The fourth-order valence-corrected chi connectivity index (χ4v) is 3.35. The van der Waals surface area contributed by atoms with Gasteiger partial charge in [0, 0.05) is 32.1 Å². The van der Waals surface area contributed by atoms with E-state index in [0.717, 1.165) is 12.0 Å². The highest BCUT2D eigenvalue weighted by atomic mass is 16.5. The molecule has 2 amide bonds. The summed E-state index contributed by atoms with van der Waals surface area (Å²) in [7, 11) is 2.88. The highest BCUT2D eigenvalue weighted by Gasteiger charge is 2.23. The molecule has 8 heteroatoms. The van der Waals surface area contributed by atoms with Crippen LogP contribution in [0.4, 0.5) is 5.69 Å². The zero-order valence-electron chi connectivity index (χ0n) is 17.2. The molecule has 0 unspecified atom stereocenters. The van der Waals surface area contributed by atoms with Gasteiger partial charge >= 0.3 is 5.97 Å². The molecule has 2 aromatic carbocycles. The van der Waals surface area contributed by atoms with Crippen LogP contribution in [0.15, 0.2) is 36.4 Å². The van der Waals surface area contributed by atoms with Gasteiger partial charge in [0.2, 0.25) is 5.91 Å². The van der Waals surface area contributed by atoms with Gasteiger partial charge in [-0.05, 0) is 17.5 Å². The number of anilines is 1. The fraction of sp³-hybridized carbons (Fsp3) is 0.318. The minimum Gasteiger partial charge on any atom is -0.493 e. The Hall–Kier alpha value is -3.55. The van der Waals surface area contributed by atoms with Crippen molar-refractivity contribution in [3.05, 3.63) is 53.1 Å². The first-order valence-electron chi connectivity index (χ1n) is 9.48. The van der Waals surface area contributed by atoms with Gasteiger partial charge in [0.25, 0.3) is 5.91 Å². The van der Waals surface area contributed by atoms with Crippen LogP contribution >= 0.6 is 0 Å². The molecule has 30 heavy (non-hydrogen) atoms. The predicted molar refractivity (Wildman–Crippen MR) is 110 cm³/mol. The maximum Gasteiger partial charge on any atom is 0.340 e. The largest absolute Gasteiger partial charge is 0.493 e. The van der Waals surface area contributed by atoms with E-state index in [-0.39, 0.29) is 23.1 Å². The van der Waals surface area contributed by atoms with Crippen LogP contribution in [-0.2, 0) is 27.3 Å². The van der Waals surface area contributed by atoms with E-state index in [1.54, 1.807) is 4.90 Å². The fourth-order valence-electron chi connectivity index (χ4n) is 3.35. The Morgan fingerprint density at radius 1 is 1.03 bits per heavy atom. The monoisotopic (exact) mass is 412 g/mol. The Balaban J connectivity index is 1.71. The van der Waals surface area contributed by atoms with Crippen molar-refractivity contribution < 1.29 is 28.6 Å². The molecule has 2 aromatic rings. The molecule has 0 fully saturated rings. The molecule has 8 nitrogen and oxygen atoms in total. The predicted octanol–water partition coefficient (Wildman–Crippen LogP) is 2.40. The van der Waals surface area contributed by atoms with Gasteiger partial charge in [0.1, 0.15) is 0 Å². The van der Waals surface area contributed by atoms with Crippen LogP contribution in [-0.4, -0.2) is 50.1 Å². The first-order valence-corrected chi connectivity index (χ1v) is 9.48. The number of rotatable bonds is 6. The van der Waals surface area contributed by atoms with E-state index in [1.165, 1.54) is 38.8 Å². The number of ether oxygens (including phenoxy) is 3. The van der Waals surface area contributed by atoms with Crippen molar-refractivity contribution in [3.63, 3.8) is 0 Å². The third-order valence-electron chi connectivity index (χ3n) is 4.86. The third-order valence-corrected chi connectivity index (χ3v) is 4.86. The lowest BCUT2D eigenvalue weighted by Gasteiger charge is -2.28. The van der Waals surface area contributed by atoms with Crippen LogP contribution in [0, 0.1) is 0 Å². The number of nitrogens with zero attached hydrogens (tertiary/aromatic N) is 1. The maximum absolute atomic E-state index is 12.7. The number of benzene rings is 2. The van der Waals surface area contributed by atoms with Crippen LogP contribution in [0.25, 0.3) is 0 Å². The Labute approximate surface area is 174 Å². The van der Waals surface area contributed by atoms with Crippen molar-refractivity contribution in [1.29, 1.82) is 0 Å². The van der Waals surface area contributed by atoms with Crippen LogP contribution in [0.1, 0.15) is 28.4 Å². The summed E-state index contributed by atoms with van der Waals surface area (Å²) in [5.41, 5.74) is 2.60. The molecule has 1 N–H and O–H groups in total. The summed E-state index contributed by atoms with van der Waals surface area (Å²) in [6.07, 6.45) is 0.762. The van der Waals surface area contributed by atoms with E-state index in [2.05, 4.69) is 11.4 Å². The normalized spacial score (nSPS) is 12.6. The molecule has 0 radical (unpaired) electrons. The lowest BCUT2D eigenvalue weighted by molar-refractivity contribution is -0.135. The van der Waals surface area contributed by atoms with E-state index in [0.29, 0.717) is 24.6 Å². The quantitative estimate of drug-likeness (QED) is 0.733. The number of carbonyl (C=O) groups is 3. The van der Waals surface area contributed by atoms with Crippen LogP contribution in [0.2, 0.25) is 0 Å². The Morgan fingerprint density at radius 3 is 2.37 bits per heavy atom. The van der Waals surface area contributed by atoms with Gasteiger partial charge in [-0.2, -0.15) is 0 Å². The lowest BCUT2D eigenvalue weighted by Crippen LogP contribution is -2.38. The summed E-state index contributed by atoms with van der Waals surface area (Å²) in [6, 6.07) is 10.8. The van der Waals surface area contributed by atoms with E-state index in [4.69, 9.17) is 14.2 Å². The number of carbonyl (C=O) groups excluding carboxylic acids is 3. The van der Waals surface area contributed by atoms with Crippen LogP contribution in [0.3, 0.4) is 0 Å². The highest BCUT2D eigenvalue weighted by molar-refractivity contribution is 6.02. The molecule has 0 saturated heterocycles.